The van der Waals surface area contributed by atoms with Crippen molar-refractivity contribution in [2.75, 3.05) is 0 Å². The van der Waals surface area contributed by atoms with Crippen LogP contribution in [0.1, 0.15) is 0 Å². The third kappa shape index (κ3) is 5.23. The van der Waals surface area contributed by atoms with Crippen molar-refractivity contribution in [2.45, 2.75) is 9.79 Å². The van der Waals surface area contributed by atoms with Gasteiger partial charge in [-0.15, -0.1) is 25.3 Å². The number of benzene rings is 2. The lowest BCUT2D eigenvalue weighted by atomic mass is 10.3. The van der Waals surface area contributed by atoms with Crippen LogP contribution >= 0.6 is 118 Å². The van der Waals surface area contributed by atoms with Gasteiger partial charge in [0.05, 0.1) is 40.2 Å². The van der Waals surface area contributed by atoms with Crippen LogP contribution in [0.3, 0.4) is 0 Å². The predicted octanol–water partition coefficient (Wildman–Crippen LogP) is 9.18. The molecule has 0 bridgehead atoms. The fourth-order valence-corrected chi connectivity index (χ4v) is 3.49. The minimum atomic E-state index is 0.242. The third-order valence-electron chi connectivity index (χ3n) is 2.17. The summed E-state index contributed by atoms with van der Waals surface area (Å²) in [7, 11) is 0. The maximum Gasteiger partial charge on any atom is 0.0805 e. The molecule has 0 amide bonds. The number of hydrogen-bond donors (Lipinski definition) is 2. The summed E-state index contributed by atoms with van der Waals surface area (Å²) in [6.45, 7) is 0. The van der Waals surface area contributed by atoms with Gasteiger partial charge >= 0.3 is 0 Å². The highest BCUT2D eigenvalue weighted by Gasteiger charge is 2.11. The van der Waals surface area contributed by atoms with Gasteiger partial charge < -0.3 is 0 Å². The molecule has 0 nitrogen and oxygen atoms in total. The second-order valence-corrected chi connectivity index (χ2v) is 7.68. The van der Waals surface area contributed by atoms with E-state index in [4.69, 9.17) is 92.8 Å². The summed E-state index contributed by atoms with van der Waals surface area (Å²) in [4.78, 5) is 0.928. The second-order valence-electron chi connectivity index (χ2n) is 3.64. The van der Waals surface area contributed by atoms with Crippen LogP contribution in [0.15, 0.2) is 21.9 Å². The molecule has 0 aliphatic rings. The normalized spacial score (nSPS) is 10.3. The van der Waals surface area contributed by atoms with Crippen LogP contribution < -0.4 is 0 Å². The molecule has 120 valence electrons. The molecule has 0 aliphatic heterocycles. The minimum Gasteiger partial charge on any atom is -0.142 e. The summed E-state index contributed by atoms with van der Waals surface area (Å²) in [5.74, 6) is 0. The van der Waals surface area contributed by atoms with E-state index in [-0.39, 0.29) is 10.0 Å². The minimum absolute atomic E-state index is 0.242. The first-order chi connectivity index (χ1) is 10.1. The first kappa shape index (κ1) is 21.5. The Hall–Kier alpha value is 1.46. The van der Waals surface area contributed by atoms with Gasteiger partial charge in [-0.25, -0.2) is 0 Å². The smallest absolute Gasteiger partial charge is 0.0805 e. The summed E-state index contributed by atoms with van der Waals surface area (Å²) >= 11 is 53.5. The molecule has 0 saturated heterocycles. The molecule has 0 spiro atoms. The van der Waals surface area contributed by atoms with E-state index in [2.05, 4.69) is 25.3 Å². The van der Waals surface area contributed by atoms with E-state index >= 15 is 0 Å². The van der Waals surface area contributed by atoms with Gasteiger partial charge in [-0.2, -0.15) is 0 Å². The number of halogens is 8. The zero-order chi connectivity index (χ0) is 17.2. The molecule has 0 radical (unpaired) electrons. The van der Waals surface area contributed by atoms with Gasteiger partial charge in [0.25, 0.3) is 0 Å². The van der Waals surface area contributed by atoms with E-state index in [0.29, 0.717) is 39.9 Å². The number of thiol groups is 2. The Kier molecular flexibility index (Phi) is 9.03. The lowest BCUT2D eigenvalue weighted by molar-refractivity contribution is 1.47. The molecular weight excluding hydrogens is 492 g/mol. The third-order valence-corrected chi connectivity index (χ3v) is 6.69. The Balaban J connectivity index is 0.000000220. The average molecular weight is 496 g/mol. The monoisotopic (exact) mass is 492 g/mol. The largest absolute Gasteiger partial charge is 0.142 e. The number of hydrogen-bond acceptors (Lipinski definition) is 2. The molecule has 2 aromatic carbocycles. The molecule has 0 fully saturated rings. The molecule has 0 unspecified atom stereocenters. The van der Waals surface area contributed by atoms with Crippen LogP contribution in [0.5, 0.6) is 0 Å². The average Bonchev–Trinajstić information content (AvgIpc) is 2.47. The predicted molar refractivity (Wildman–Crippen MR) is 107 cm³/mol. The molecule has 2 aromatic rings. The Morgan fingerprint density at radius 2 is 0.909 bits per heavy atom. The van der Waals surface area contributed by atoms with Crippen molar-refractivity contribution in [3.8, 4) is 0 Å². The van der Waals surface area contributed by atoms with E-state index in [1.165, 1.54) is 6.07 Å². The fourth-order valence-electron chi connectivity index (χ4n) is 1.12. The SMILES string of the molecule is Sc1c(Cl)c(Cl)cc(Cl)c1Cl.Sc1cc(Cl)c(Cl)c(Cl)c1Cl. The summed E-state index contributed by atoms with van der Waals surface area (Å²) in [6, 6.07) is 3.02. The Bertz CT molecular complexity index is 603. The molecule has 10 heteroatoms. The first-order valence-corrected chi connectivity index (χ1v) is 9.03. The van der Waals surface area contributed by atoms with Crippen molar-refractivity contribution in [3.05, 3.63) is 52.3 Å². The standard InChI is InChI=1S/2C6H2Cl4S/c7-2-1-3(11)5(9)6(10)4(2)8;7-2-1-3(8)5(10)6(11)4(2)9/h2*1,11H. The van der Waals surface area contributed by atoms with E-state index in [1.807, 2.05) is 0 Å². The summed E-state index contributed by atoms with van der Waals surface area (Å²) in [6.07, 6.45) is 0. The van der Waals surface area contributed by atoms with Crippen molar-refractivity contribution in [1.29, 1.82) is 0 Å². The Labute approximate surface area is 178 Å². The van der Waals surface area contributed by atoms with Crippen molar-refractivity contribution in [3.63, 3.8) is 0 Å². The summed E-state index contributed by atoms with van der Waals surface area (Å²) < 4.78 is 0. The maximum absolute atomic E-state index is 5.70. The van der Waals surface area contributed by atoms with Gasteiger partial charge in [0, 0.05) is 9.79 Å². The lowest BCUT2D eigenvalue weighted by Gasteiger charge is -2.03. The van der Waals surface area contributed by atoms with E-state index in [9.17, 15) is 0 Å². The topological polar surface area (TPSA) is 0 Å². The Morgan fingerprint density at radius 3 is 1.36 bits per heavy atom. The molecule has 0 aliphatic carbocycles. The first-order valence-electron chi connectivity index (χ1n) is 5.11. The highest BCUT2D eigenvalue weighted by molar-refractivity contribution is 7.80. The summed E-state index contributed by atoms with van der Waals surface area (Å²) in [5.41, 5.74) is 0. The van der Waals surface area contributed by atoms with Crippen LogP contribution in [0.4, 0.5) is 0 Å². The quantitative estimate of drug-likeness (QED) is 0.203. The molecule has 0 N–H and O–H groups in total. The van der Waals surface area contributed by atoms with Crippen molar-refractivity contribution >= 4 is 118 Å². The highest BCUT2D eigenvalue weighted by Crippen LogP contribution is 2.40. The van der Waals surface area contributed by atoms with Crippen LogP contribution in [0.25, 0.3) is 0 Å². The van der Waals surface area contributed by atoms with Crippen molar-refractivity contribution < 1.29 is 0 Å². The van der Waals surface area contributed by atoms with Gasteiger partial charge in [-0.05, 0) is 12.1 Å². The van der Waals surface area contributed by atoms with E-state index in [1.54, 1.807) is 6.07 Å². The van der Waals surface area contributed by atoms with Crippen molar-refractivity contribution in [1.82, 2.24) is 0 Å². The second kappa shape index (κ2) is 9.24. The van der Waals surface area contributed by atoms with Crippen LogP contribution in [0, 0.1) is 0 Å². The molecule has 0 atom stereocenters. The summed E-state index contributed by atoms with van der Waals surface area (Å²) in [5, 5.41) is 2.53. The van der Waals surface area contributed by atoms with Gasteiger partial charge in [0.1, 0.15) is 0 Å². The zero-order valence-electron chi connectivity index (χ0n) is 10.1. The number of rotatable bonds is 0. The van der Waals surface area contributed by atoms with E-state index in [0.717, 1.165) is 0 Å². The molecule has 0 aromatic heterocycles. The maximum atomic E-state index is 5.70. The fraction of sp³-hybridized carbons (Fsp3) is 0. The van der Waals surface area contributed by atoms with Crippen LogP contribution in [-0.2, 0) is 0 Å². The molecule has 22 heavy (non-hydrogen) atoms. The van der Waals surface area contributed by atoms with Gasteiger partial charge in [0.15, 0.2) is 0 Å². The molecule has 2 rings (SSSR count). The van der Waals surface area contributed by atoms with Gasteiger partial charge in [0.2, 0.25) is 0 Å². The van der Waals surface area contributed by atoms with Crippen molar-refractivity contribution in [2.24, 2.45) is 0 Å². The molecule has 0 saturated carbocycles. The van der Waals surface area contributed by atoms with Crippen LogP contribution in [-0.4, -0.2) is 0 Å². The van der Waals surface area contributed by atoms with Gasteiger partial charge in [-0.3, -0.25) is 0 Å². The highest BCUT2D eigenvalue weighted by atomic mass is 35.5. The Morgan fingerprint density at radius 1 is 0.500 bits per heavy atom. The molecule has 0 heterocycles. The van der Waals surface area contributed by atoms with Gasteiger partial charge in [-0.1, -0.05) is 92.8 Å². The van der Waals surface area contributed by atoms with Crippen LogP contribution in [0.2, 0.25) is 40.2 Å². The lowest BCUT2D eigenvalue weighted by Crippen LogP contribution is -1.76. The zero-order valence-corrected chi connectivity index (χ0v) is 17.9. The van der Waals surface area contributed by atoms with E-state index < -0.39 is 0 Å². The molecular formula is C12H4Cl8S2.